The zero-order valence-corrected chi connectivity index (χ0v) is 9.33. The summed E-state index contributed by atoms with van der Waals surface area (Å²) in [6.45, 7) is 0. The van der Waals surface area contributed by atoms with Crippen LogP contribution in [0.2, 0.25) is 0 Å². The second kappa shape index (κ2) is 6.29. The molecule has 1 aromatic rings. The van der Waals surface area contributed by atoms with Gasteiger partial charge < -0.3 is 10.4 Å². The van der Waals surface area contributed by atoms with Crippen LogP contribution >= 0.6 is 11.8 Å². The maximum absolute atomic E-state index is 10.9. The molecule has 0 spiro atoms. The van der Waals surface area contributed by atoms with E-state index in [0.29, 0.717) is 6.42 Å². The van der Waals surface area contributed by atoms with Crippen molar-refractivity contribution >= 4 is 23.4 Å². The summed E-state index contributed by atoms with van der Waals surface area (Å²) in [6.07, 6.45) is 5.84. The van der Waals surface area contributed by atoms with Gasteiger partial charge in [0, 0.05) is 18.1 Å². The number of rotatable bonds is 6. The van der Waals surface area contributed by atoms with Gasteiger partial charge in [0.05, 0.1) is 0 Å². The quantitative estimate of drug-likeness (QED) is 0.773. The Labute approximate surface area is 93.1 Å². The van der Waals surface area contributed by atoms with Gasteiger partial charge in [-0.3, -0.25) is 4.98 Å². The van der Waals surface area contributed by atoms with Gasteiger partial charge in [-0.15, -0.1) is 0 Å². The van der Waals surface area contributed by atoms with Crippen molar-refractivity contribution in [3.05, 3.63) is 24.5 Å². The average molecular weight is 226 g/mol. The Bertz CT molecular complexity index is 306. The number of hydrogen-bond acceptors (Lipinski definition) is 4. The fraction of sp³-hybridized carbons (Fsp3) is 0.400. The normalized spacial score (nSPS) is 12.1. The van der Waals surface area contributed by atoms with Gasteiger partial charge in [0.15, 0.2) is 0 Å². The van der Waals surface area contributed by atoms with E-state index in [1.807, 2.05) is 6.26 Å². The van der Waals surface area contributed by atoms with Gasteiger partial charge in [-0.1, -0.05) is 0 Å². The Kier molecular flexibility index (Phi) is 4.97. The lowest BCUT2D eigenvalue weighted by Crippen LogP contribution is -2.29. The van der Waals surface area contributed by atoms with Crippen molar-refractivity contribution in [2.45, 2.75) is 12.5 Å². The van der Waals surface area contributed by atoms with Crippen LogP contribution in [0.25, 0.3) is 0 Å². The maximum atomic E-state index is 10.9. The zero-order valence-electron chi connectivity index (χ0n) is 8.51. The predicted molar refractivity (Wildman–Crippen MR) is 62.3 cm³/mol. The van der Waals surface area contributed by atoms with Crippen molar-refractivity contribution in [3.8, 4) is 0 Å². The fourth-order valence-electron chi connectivity index (χ4n) is 1.14. The molecule has 0 saturated heterocycles. The van der Waals surface area contributed by atoms with Crippen LogP contribution in [0.15, 0.2) is 24.5 Å². The molecule has 0 radical (unpaired) electrons. The van der Waals surface area contributed by atoms with E-state index in [0.717, 1.165) is 11.4 Å². The number of thioether (sulfide) groups is 1. The molecule has 0 aliphatic heterocycles. The molecule has 0 bridgehead atoms. The summed E-state index contributed by atoms with van der Waals surface area (Å²) >= 11 is 1.64. The minimum absolute atomic E-state index is 0.528. The third-order valence-electron chi connectivity index (χ3n) is 1.93. The molecule has 1 rings (SSSR count). The molecular weight excluding hydrogens is 212 g/mol. The van der Waals surface area contributed by atoms with Crippen molar-refractivity contribution in [2.75, 3.05) is 17.3 Å². The van der Waals surface area contributed by atoms with Gasteiger partial charge in [-0.25, -0.2) is 4.79 Å². The molecule has 0 aromatic carbocycles. The predicted octanol–water partition coefficient (Wildman–Crippen LogP) is 1.70. The van der Waals surface area contributed by atoms with E-state index in [-0.39, 0.29) is 0 Å². The van der Waals surface area contributed by atoms with E-state index in [1.54, 1.807) is 36.3 Å². The number of anilines is 1. The summed E-state index contributed by atoms with van der Waals surface area (Å²) in [5.74, 6) is 0.00978. The smallest absolute Gasteiger partial charge is 0.326 e. The molecule has 82 valence electrons. The van der Waals surface area contributed by atoms with Crippen LogP contribution < -0.4 is 5.32 Å². The number of pyridine rings is 1. The standard InChI is InChI=1S/C10H14N2O2S/c1-15-7-4-9(10(13)14)12-8-2-5-11-6-3-8/h2-3,5-6,9H,4,7H2,1H3,(H,11,12)(H,13,14)/t9-/m0/s1. The lowest BCUT2D eigenvalue weighted by Gasteiger charge is -2.14. The molecule has 0 aliphatic carbocycles. The topological polar surface area (TPSA) is 62.2 Å². The molecule has 0 aliphatic rings. The Morgan fingerprint density at radius 1 is 1.60 bits per heavy atom. The van der Waals surface area contributed by atoms with E-state index >= 15 is 0 Å². The third-order valence-corrected chi connectivity index (χ3v) is 2.57. The molecule has 0 unspecified atom stereocenters. The van der Waals surface area contributed by atoms with Crippen LogP contribution in [0.3, 0.4) is 0 Å². The van der Waals surface area contributed by atoms with Gasteiger partial charge in [0.25, 0.3) is 0 Å². The molecule has 15 heavy (non-hydrogen) atoms. The first-order chi connectivity index (χ1) is 7.24. The number of carboxylic acids is 1. The van der Waals surface area contributed by atoms with Gasteiger partial charge >= 0.3 is 5.97 Å². The third kappa shape index (κ3) is 4.20. The van der Waals surface area contributed by atoms with Crippen LogP contribution in [-0.4, -0.2) is 34.1 Å². The molecule has 2 N–H and O–H groups in total. The van der Waals surface area contributed by atoms with Crippen molar-refractivity contribution in [1.82, 2.24) is 4.98 Å². The molecule has 5 heteroatoms. The SMILES string of the molecule is CSCC[C@H](Nc1ccncc1)C(=O)O. The summed E-state index contributed by atoms with van der Waals surface area (Å²) in [5, 5.41) is 11.9. The Hall–Kier alpha value is -1.23. The van der Waals surface area contributed by atoms with Crippen molar-refractivity contribution in [2.24, 2.45) is 0 Å². The number of hydrogen-bond donors (Lipinski definition) is 2. The largest absolute Gasteiger partial charge is 0.480 e. The highest BCUT2D eigenvalue weighted by Crippen LogP contribution is 2.09. The van der Waals surface area contributed by atoms with Crippen LogP contribution in [0.5, 0.6) is 0 Å². The summed E-state index contributed by atoms with van der Waals surface area (Å²) in [5.41, 5.74) is 0.790. The van der Waals surface area contributed by atoms with Crippen LogP contribution in [0.1, 0.15) is 6.42 Å². The van der Waals surface area contributed by atoms with Crippen molar-refractivity contribution in [3.63, 3.8) is 0 Å². The molecule has 1 aromatic heterocycles. The van der Waals surface area contributed by atoms with Crippen LogP contribution in [-0.2, 0) is 4.79 Å². The first-order valence-corrected chi connectivity index (χ1v) is 6.01. The van der Waals surface area contributed by atoms with Crippen LogP contribution in [0.4, 0.5) is 5.69 Å². The number of carbonyl (C=O) groups is 1. The summed E-state index contributed by atoms with van der Waals surface area (Å²) in [7, 11) is 0. The first kappa shape index (κ1) is 11.8. The minimum atomic E-state index is -0.819. The van der Waals surface area contributed by atoms with E-state index in [4.69, 9.17) is 5.11 Å². The minimum Gasteiger partial charge on any atom is -0.480 e. The lowest BCUT2D eigenvalue weighted by atomic mass is 10.2. The van der Waals surface area contributed by atoms with E-state index in [1.165, 1.54) is 0 Å². The first-order valence-electron chi connectivity index (χ1n) is 4.62. The van der Waals surface area contributed by atoms with Gasteiger partial charge in [-0.05, 0) is 30.6 Å². The molecule has 0 saturated carbocycles. The number of nitrogens with one attached hydrogen (secondary N) is 1. The highest BCUT2D eigenvalue weighted by Gasteiger charge is 2.15. The summed E-state index contributed by atoms with van der Waals surface area (Å²) in [4.78, 5) is 14.8. The second-order valence-electron chi connectivity index (χ2n) is 3.05. The Morgan fingerprint density at radius 2 is 2.27 bits per heavy atom. The maximum Gasteiger partial charge on any atom is 0.326 e. The van der Waals surface area contributed by atoms with Crippen molar-refractivity contribution < 1.29 is 9.90 Å². The summed E-state index contributed by atoms with van der Waals surface area (Å²) in [6, 6.07) is 2.99. The van der Waals surface area contributed by atoms with Gasteiger partial charge in [0.1, 0.15) is 6.04 Å². The molecule has 0 fully saturated rings. The number of nitrogens with zero attached hydrogens (tertiary/aromatic N) is 1. The van der Waals surface area contributed by atoms with Crippen molar-refractivity contribution in [1.29, 1.82) is 0 Å². The highest BCUT2D eigenvalue weighted by molar-refractivity contribution is 7.98. The van der Waals surface area contributed by atoms with E-state index < -0.39 is 12.0 Å². The van der Waals surface area contributed by atoms with Gasteiger partial charge in [-0.2, -0.15) is 11.8 Å². The Balaban J connectivity index is 2.55. The molecular formula is C10H14N2O2S. The molecule has 0 amide bonds. The Morgan fingerprint density at radius 3 is 2.80 bits per heavy atom. The highest BCUT2D eigenvalue weighted by atomic mass is 32.2. The lowest BCUT2D eigenvalue weighted by molar-refractivity contribution is -0.137. The number of carboxylic acid groups (broad SMARTS) is 1. The number of aliphatic carboxylic acids is 1. The van der Waals surface area contributed by atoms with E-state index in [2.05, 4.69) is 10.3 Å². The number of aromatic nitrogens is 1. The van der Waals surface area contributed by atoms with Crippen LogP contribution in [0, 0.1) is 0 Å². The second-order valence-corrected chi connectivity index (χ2v) is 4.04. The average Bonchev–Trinajstić information content (AvgIpc) is 2.25. The fourth-order valence-corrected chi connectivity index (χ4v) is 1.61. The molecule has 1 heterocycles. The monoisotopic (exact) mass is 226 g/mol. The van der Waals surface area contributed by atoms with Gasteiger partial charge in [0.2, 0.25) is 0 Å². The summed E-state index contributed by atoms with van der Waals surface area (Å²) < 4.78 is 0. The molecule has 1 atom stereocenters. The zero-order chi connectivity index (χ0) is 11.1. The molecule has 4 nitrogen and oxygen atoms in total. The van der Waals surface area contributed by atoms with E-state index in [9.17, 15) is 4.79 Å².